The Morgan fingerprint density at radius 1 is 1.43 bits per heavy atom. The Labute approximate surface area is 43.9 Å². The molecule has 0 radical (unpaired) electrons. The van der Waals surface area contributed by atoms with Gasteiger partial charge >= 0.3 is 0 Å². The molecular weight excluding hydrogens is 88.1 g/mol. The van der Waals surface area contributed by atoms with E-state index in [0.717, 1.165) is 12.3 Å². The summed E-state index contributed by atoms with van der Waals surface area (Å²) < 4.78 is 0. The Hall–Kier alpha value is -0.0800. The minimum absolute atomic E-state index is 0.0625. The molecule has 0 unspecified atom stereocenters. The number of hydrogen-bond donors (Lipinski definition) is 2. The molecule has 4 N–H and O–H groups in total. The van der Waals surface area contributed by atoms with Gasteiger partial charge in [-0.1, -0.05) is 12.8 Å². The van der Waals surface area contributed by atoms with Crippen molar-refractivity contribution in [2.24, 2.45) is 17.4 Å². The summed E-state index contributed by atoms with van der Waals surface area (Å²) in [6.07, 6.45) is 3.67. The molecule has 0 aromatic heterocycles. The maximum absolute atomic E-state index is 5.31. The van der Waals surface area contributed by atoms with Crippen molar-refractivity contribution in [1.29, 1.82) is 0 Å². The minimum Gasteiger partial charge on any atom is -0.316 e. The monoisotopic (exact) mass is 100 g/mol. The van der Waals surface area contributed by atoms with Gasteiger partial charge in [0.15, 0.2) is 0 Å². The van der Waals surface area contributed by atoms with Crippen molar-refractivity contribution < 1.29 is 0 Å². The van der Waals surface area contributed by atoms with Gasteiger partial charge in [-0.3, -0.25) is 0 Å². The molecule has 1 saturated carbocycles. The van der Waals surface area contributed by atoms with Gasteiger partial charge in [0.2, 0.25) is 0 Å². The lowest BCUT2D eigenvalue weighted by Crippen LogP contribution is -2.30. The van der Waals surface area contributed by atoms with Crippen molar-refractivity contribution in [3.63, 3.8) is 0 Å². The lowest BCUT2D eigenvalue weighted by Gasteiger charge is -1.99. The predicted octanol–water partition coefficient (Wildman–Crippen LogP) is 0.0300. The zero-order valence-electron chi connectivity index (χ0n) is 4.43. The van der Waals surface area contributed by atoms with Gasteiger partial charge in [-0.25, -0.2) is 0 Å². The van der Waals surface area contributed by atoms with E-state index in [1.54, 1.807) is 0 Å². The highest BCUT2D eigenvalue weighted by atomic mass is 14.8. The number of nitrogens with two attached hydrogens (primary N) is 2. The van der Waals surface area contributed by atoms with Gasteiger partial charge < -0.3 is 11.5 Å². The molecule has 2 nitrogen and oxygen atoms in total. The first-order valence-electron chi connectivity index (χ1n) is 2.80. The van der Waals surface area contributed by atoms with E-state index in [0.29, 0.717) is 0 Å². The number of rotatable bonds is 2. The minimum atomic E-state index is -0.0625. The first-order valence-corrected chi connectivity index (χ1v) is 2.80. The maximum atomic E-state index is 5.31. The van der Waals surface area contributed by atoms with Gasteiger partial charge in [-0.05, 0) is 12.3 Å². The first-order chi connectivity index (χ1) is 3.29. The molecule has 0 amide bonds. The zero-order chi connectivity index (χ0) is 5.28. The molecule has 1 aliphatic rings. The molecule has 1 aliphatic carbocycles. The molecule has 0 spiro atoms. The van der Waals surface area contributed by atoms with E-state index in [9.17, 15) is 0 Å². The summed E-state index contributed by atoms with van der Waals surface area (Å²) in [6.45, 7) is 0. The third-order valence-electron chi connectivity index (χ3n) is 1.30. The molecule has 1 rings (SSSR count). The molecular formula is C5H12N2. The highest BCUT2D eigenvalue weighted by Gasteiger charge is 2.21. The third kappa shape index (κ3) is 1.90. The molecule has 0 aliphatic heterocycles. The Balaban J connectivity index is 1.97. The average Bonchev–Trinajstić information content (AvgIpc) is 2.17. The van der Waals surface area contributed by atoms with Crippen LogP contribution in [0.2, 0.25) is 0 Å². The molecule has 0 heterocycles. The van der Waals surface area contributed by atoms with Gasteiger partial charge in [0, 0.05) is 0 Å². The van der Waals surface area contributed by atoms with Crippen LogP contribution < -0.4 is 11.5 Å². The molecule has 0 bridgehead atoms. The summed E-state index contributed by atoms with van der Waals surface area (Å²) in [5, 5.41) is 0. The van der Waals surface area contributed by atoms with Crippen LogP contribution in [0.1, 0.15) is 19.3 Å². The Bertz CT molecular complexity index is 57.1. The number of hydrogen-bond acceptors (Lipinski definition) is 2. The van der Waals surface area contributed by atoms with Crippen LogP contribution in [-0.4, -0.2) is 6.17 Å². The van der Waals surface area contributed by atoms with E-state index in [2.05, 4.69) is 0 Å². The Kier molecular flexibility index (Phi) is 1.30. The third-order valence-corrected chi connectivity index (χ3v) is 1.30. The van der Waals surface area contributed by atoms with E-state index in [1.807, 2.05) is 0 Å². The highest BCUT2D eigenvalue weighted by Crippen LogP contribution is 2.32. The van der Waals surface area contributed by atoms with Gasteiger partial charge in [0.1, 0.15) is 0 Å². The SMILES string of the molecule is NC(N)CC1CC1. The molecule has 0 atom stereocenters. The van der Waals surface area contributed by atoms with E-state index >= 15 is 0 Å². The van der Waals surface area contributed by atoms with Crippen LogP contribution in [0, 0.1) is 5.92 Å². The largest absolute Gasteiger partial charge is 0.316 e. The van der Waals surface area contributed by atoms with Crippen molar-refractivity contribution in [3.8, 4) is 0 Å². The molecule has 42 valence electrons. The topological polar surface area (TPSA) is 52.0 Å². The van der Waals surface area contributed by atoms with Crippen LogP contribution >= 0.6 is 0 Å². The zero-order valence-corrected chi connectivity index (χ0v) is 4.43. The lowest BCUT2D eigenvalue weighted by molar-refractivity contribution is 0.589. The molecule has 0 aromatic rings. The summed E-state index contributed by atoms with van der Waals surface area (Å²) in [7, 11) is 0. The molecule has 7 heavy (non-hydrogen) atoms. The van der Waals surface area contributed by atoms with Crippen LogP contribution in [0.3, 0.4) is 0 Å². The normalized spacial score (nSPS) is 21.0. The maximum Gasteiger partial charge on any atom is 0.0523 e. The summed E-state index contributed by atoms with van der Waals surface area (Å²) in [5.74, 6) is 0.875. The molecule has 0 saturated heterocycles. The smallest absolute Gasteiger partial charge is 0.0523 e. The van der Waals surface area contributed by atoms with Crippen molar-refractivity contribution >= 4 is 0 Å². The summed E-state index contributed by atoms with van der Waals surface area (Å²) >= 11 is 0. The van der Waals surface area contributed by atoms with Gasteiger partial charge in [0.05, 0.1) is 6.17 Å². The van der Waals surface area contributed by atoms with Crippen LogP contribution in [-0.2, 0) is 0 Å². The van der Waals surface area contributed by atoms with Gasteiger partial charge in [-0.2, -0.15) is 0 Å². The van der Waals surface area contributed by atoms with Crippen LogP contribution in [0.25, 0.3) is 0 Å². The summed E-state index contributed by atoms with van der Waals surface area (Å²) in [4.78, 5) is 0. The fourth-order valence-electron chi connectivity index (χ4n) is 0.738. The summed E-state index contributed by atoms with van der Waals surface area (Å²) in [5.41, 5.74) is 10.6. The van der Waals surface area contributed by atoms with E-state index < -0.39 is 0 Å². The van der Waals surface area contributed by atoms with Crippen molar-refractivity contribution in [2.45, 2.75) is 25.4 Å². The fourth-order valence-corrected chi connectivity index (χ4v) is 0.738. The average molecular weight is 100 g/mol. The van der Waals surface area contributed by atoms with Crippen LogP contribution in [0.5, 0.6) is 0 Å². The highest BCUT2D eigenvalue weighted by molar-refractivity contribution is 4.75. The van der Waals surface area contributed by atoms with E-state index in [1.165, 1.54) is 12.8 Å². The molecule has 1 fully saturated rings. The lowest BCUT2D eigenvalue weighted by atomic mass is 10.2. The fraction of sp³-hybridized carbons (Fsp3) is 1.00. The second-order valence-corrected chi connectivity index (χ2v) is 2.34. The quantitative estimate of drug-likeness (QED) is 0.481. The Morgan fingerprint density at radius 3 is 2.14 bits per heavy atom. The molecule has 2 heteroatoms. The van der Waals surface area contributed by atoms with Crippen LogP contribution in [0.4, 0.5) is 0 Å². The van der Waals surface area contributed by atoms with Gasteiger partial charge in [-0.15, -0.1) is 0 Å². The standard InChI is InChI=1S/C5H12N2/c6-5(7)3-4-1-2-4/h4-5H,1-3,6-7H2. The van der Waals surface area contributed by atoms with Crippen molar-refractivity contribution in [3.05, 3.63) is 0 Å². The second kappa shape index (κ2) is 1.80. The second-order valence-electron chi connectivity index (χ2n) is 2.34. The van der Waals surface area contributed by atoms with Crippen LogP contribution in [0.15, 0.2) is 0 Å². The Morgan fingerprint density at radius 2 is 2.00 bits per heavy atom. The van der Waals surface area contributed by atoms with E-state index in [4.69, 9.17) is 11.5 Å². The summed E-state index contributed by atoms with van der Waals surface area (Å²) in [6, 6.07) is 0. The molecule has 0 aromatic carbocycles. The van der Waals surface area contributed by atoms with E-state index in [-0.39, 0.29) is 6.17 Å². The van der Waals surface area contributed by atoms with Gasteiger partial charge in [0.25, 0.3) is 0 Å². The predicted molar refractivity (Wildman–Crippen MR) is 29.5 cm³/mol. The van der Waals surface area contributed by atoms with Crippen molar-refractivity contribution in [1.82, 2.24) is 0 Å². The van der Waals surface area contributed by atoms with Crippen molar-refractivity contribution in [2.75, 3.05) is 0 Å². The first kappa shape index (κ1) is 5.06.